The Morgan fingerprint density at radius 2 is 2.43 bits per heavy atom. The Morgan fingerprint density at radius 3 is 2.93 bits per heavy atom. The van der Waals surface area contributed by atoms with E-state index in [1.165, 1.54) is 0 Å². The van der Waals surface area contributed by atoms with Gasteiger partial charge in [0.2, 0.25) is 5.91 Å². The molecule has 1 heterocycles. The highest BCUT2D eigenvalue weighted by molar-refractivity contribution is 5.90. The van der Waals surface area contributed by atoms with E-state index in [2.05, 4.69) is 10.4 Å². The molecule has 0 saturated carbocycles. The van der Waals surface area contributed by atoms with Crippen LogP contribution in [-0.2, 0) is 4.79 Å². The Hall–Kier alpha value is -1.36. The molecule has 1 aromatic rings. The molecule has 0 saturated heterocycles. The number of carbonyl (C=O) groups is 1. The molecule has 14 heavy (non-hydrogen) atoms. The van der Waals surface area contributed by atoms with Gasteiger partial charge >= 0.3 is 0 Å². The third kappa shape index (κ3) is 2.85. The predicted octanol–water partition coefficient (Wildman–Crippen LogP) is 0.751. The lowest BCUT2D eigenvalue weighted by molar-refractivity contribution is -0.116. The van der Waals surface area contributed by atoms with Gasteiger partial charge in [0.15, 0.2) is 0 Å². The number of nitrogens with two attached hydrogens (primary N) is 1. The Balaban J connectivity index is 2.55. The van der Waals surface area contributed by atoms with E-state index in [9.17, 15) is 4.79 Å². The molecule has 5 heteroatoms. The lowest BCUT2D eigenvalue weighted by Crippen LogP contribution is -2.15. The molecular formula is C9H16N4O. The minimum Gasteiger partial charge on any atom is -0.330 e. The summed E-state index contributed by atoms with van der Waals surface area (Å²) in [4.78, 5) is 11.2. The van der Waals surface area contributed by atoms with Crippen LogP contribution >= 0.6 is 0 Å². The van der Waals surface area contributed by atoms with Crippen LogP contribution in [0, 0.1) is 0 Å². The number of nitrogens with one attached hydrogen (secondary N) is 1. The van der Waals surface area contributed by atoms with Crippen LogP contribution in [0.25, 0.3) is 0 Å². The average Bonchev–Trinajstić information content (AvgIpc) is 2.53. The maximum atomic E-state index is 11.2. The van der Waals surface area contributed by atoms with Crippen molar-refractivity contribution in [1.29, 1.82) is 0 Å². The first kappa shape index (κ1) is 10.7. The molecule has 0 unspecified atom stereocenters. The first-order chi connectivity index (χ1) is 6.63. The summed E-state index contributed by atoms with van der Waals surface area (Å²) in [6.45, 7) is 4.42. The van der Waals surface area contributed by atoms with E-state index in [-0.39, 0.29) is 5.91 Å². The summed E-state index contributed by atoms with van der Waals surface area (Å²) in [7, 11) is 0. The van der Waals surface area contributed by atoms with Crippen LogP contribution in [0.15, 0.2) is 12.4 Å². The smallest absolute Gasteiger partial charge is 0.225 e. The fourth-order valence-corrected chi connectivity index (χ4v) is 1.04. The van der Waals surface area contributed by atoms with Crippen molar-refractivity contribution in [2.45, 2.75) is 26.3 Å². The van der Waals surface area contributed by atoms with Gasteiger partial charge in [-0.2, -0.15) is 5.10 Å². The molecular weight excluding hydrogens is 180 g/mol. The minimum atomic E-state index is -0.0733. The quantitative estimate of drug-likeness (QED) is 0.746. The van der Waals surface area contributed by atoms with E-state index in [1.54, 1.807) is 17.1 Å². The van der Waals surface area contributed by atoms with Gasteiger partial charge in [0, 0.05) is 25.2 Å². The second-order valence-corrected chi connectivity index (χ2v) is 3.39. The molecule has 3 N–H and O–H groups in total. The van der Waals surface area contributed by atoms with Gasteiger partial charge in [0.1, 0.15) is 0 Å². The van der Waals surface area contributed by atoms with Crippen molar-refractivity contribution in [2.24, 2.45) is 5.73 Å². The summed E-state index contributed by atoms with van der Waals surface area (Å²) < 4.78 is 1.79. The Labute approximate surface area is 83.3 Å². The molecule has 0 spiro atoms. The van der Waals surface area contributed by atoms with Crippen LogP contribution in [0.4, 0.5) is 5.69 Å². The van der Waals surface area contributed by atoms with Gasteiger partial charge in [0.25, 0.3) is 0 Å². The number of hydrogen-bond acceptors (Lipinski definition) is 3. The second kappa shape index (κ2) is 4.76. The Morgan fingerprint density at radius 1 is 1.71 bits per heavy atom. The fraction of sp³-hybridized carbons (Fsp3) is 0.556. The number of amides is 1. The zero-order valence-corrected chi connectivity index (χ0v) is 8.53. The first-order valence-corrected chi connectivity index (χ1v) is 4.67. The number of rotatable bonds is 4. The predicted molar refractivity (Wildman–Crippen MR) is 54.9 cm³/mol. The standard InChI is InChI=1S/C9H16N4O/c1-7(2)13-6-8(5-11-13)12-9(14)3-4-10/h5-7H,3-4,10H2,1-2H3,(H,12,14). The summed E-state index contributed by atoms with van der Waals surface area (Å²) in [5.41, 5.74) is 5.97. The number of anilines is 1. The van der Waals surface area contributed by atoms with Crippen LogP contribution in [0.1, 0.15) is 26.3 Å². The average molecular weight is 196 g/mol. The molecule has 0 atom stereocenters. The number of carbonyl (C=O) groups excluding carboxylic acids is 1. The van der Waals surface area contributed by atoms with E-state index in [4.69, 9.17) is 5.73 Å². The lowest BCUT2D eigenvalue weighted by Gasteiger charge is -2.03. The molecule has 1 rings (SSSR count). The second-order valence-electron chi connectivity index (χ2n) is 3.39. The van der Waals surface area contributed by atoms with E-state index in [0.29, 0.717) is 19.0 Å². The molecule has 0 aromatic carbocycles. The highest BCUT2D eigenvalue weighted by Gasteiger charge is 2.04. The molecule has 5 nitrogen and oxygen atoms in total. The topological polar surface area (TPSA) is 72.9 Å². The van der Waals surface area contributed by atoms with Gasteiger partial charge < -0.3 is 11.1 Å². The molecule has 0 fully saturated rings. The molecule has 0 aliphatic carbocycles. The number of hydrogen-bond donors (Lipinski definition) is 2. The molecule has 0 aliphatic rings. The van der Waals surface area contributed by atoms with Crippen LogP contribution < -0.4 is 11.1 Å². The van der Waals surface area contributed by atoms with Gasteiger partial charge in [-0.25, -0.2) is 0 Å². The summed E-state index contributed by atoms with van der Waals surface area (Å²) in [6, 6.07) is 0.301. The summed E-state index contributed by atoms with van der Waals surface area (Å²) in [6.07, 6.45) is 3.78. The van der Waals surface area contributed by atoms with Crippen LogP contribution in [0.3, 0.4) is 0 Å². The highest BCUT2D eigenvalue weighted by Crippen LogP contribution is 2.09. The highest BCUT2D eigenvalue weighted by atomic mass is 16.1. The van der Waals surface area contributed by atoms with Crippen molar-refractivity contribution < 1.29 is 4.79 Å². The minimum absolute atomic E-state index is 0.0733. The maximum absolute atomic E-state index is 11.2. The molecule has 0 radical (unpaired) electrons. The first-order valence-electron chi connectivity index (χ1n) is 4.67. The number of nitrogens with zero attached hydrogens (tertiary/aromatic N) is 2. The van der Waals surface area contributed by atoms with Crippen molar-refractivity contribution in [3.8, 4) is 0 Å². The number of aromatic nitrogens is 2. The fourth-order valence-electron chi connectivity index (χ4n) is 1.04. The van der Waals surface area contributed by atoms with E-state index in [1.807, 2.05) is 13.8 Å². The van der Waals surface area contributed by atoms with Gasteiger partial charge in [-0.15, -0.1) is 0 Å². The largest absolute Gasteiger partial charge is 0.330 e. The molecule has 78 valence electrons. The third-order valence-corrected chi connectivity index (χ3v) is 1.79. The van der Waals surface area contributed by atoms with Crippen LogP contribution in [0.2, 0.25) is 0 Å². The lowest BCUT2D eigenvalue weighted by atomic mass is 10.4. The van der Waals surface area contributed by atoms with Gasteiger partial charge in [-0.3, -0.25) is 9.48 Å². The van der Waals surface area contributed by atoms with Gasteiger partial charge in [-0.1, -0.05) is 0 Å². The maximum Gasteiger partial charge on any atom is 0.225 e. The van der Waals surface area contributed by atoms with E-state index >= 15 is 0 Å². The van der Waals surface area contributed by atoms with Crippen molar-refractivity contribution in [3.05, 3.63) is 12.4 Å². The monoisotopic (exact) mass is 196 g/mol. The molecule has 1 aromatic heterocycles. The Kier molecular flexibility index (Phi) is 3.64. The van der Waals surface area contributed by atoms with E-state index in [0.717, 1.165) is 5.69 Å². The van der Waals surface area contributed by atoms with Crippen LogP contribution in [0.5, 0.6) is 0 Å². The normalized spacial score (nSPS) is 10.6. The molecule has 1 amide bonds. The SMILES string of the molecule is CC(C)n1cc(NC(=O)CCN)cn1. The summed E-state index contributed by atoms with van der Waals surface area (Å²) >= 11 is 0. The van der Waals surface area contributed by atoms with E-state index < -0.39 is 0 Å². The van der Waals surface area contributed by atoms with Crippen molar-refractivity contribution in [2.75, 3.05) is 11.9 Å². The van der Waals surface area contributed by atoms with Gasteiger partial charge in [-0.05, 0) is 13.8 Å². The van der Waals surface area contributed by atoms with Crippen molar-refractivity contribution in [3.63, 3.8) is 0 Å². The van der Waals surface area contributed by atoms with Crippen molar-refractivity contribution in [1.82, 2.24) is 9.78 Å². The van der Waals surface area contributed by atoms with Crippen LogP contribution in [-0.4, -0.2) is 22.2 Å². The van der Waals surface area contributed by atoms with Crippen molar-refractivity contribution >= 4 is 11.6 Å². The third-order valence-electron chi connectivity index (χ3n) is 1.79. The molecule has 0 aliphatic heterocycles. The zero-order chi connectivity index (χ0) is 10.6. The van der Waals surface area contributed by atoms with Gasteiger partial charge in [0.05, 0.1) is 11.9 Å². The molecule has 0 bridgehead atoms. The summed E-state index contributed by atoms with van der Waals surface area (Å²) in [5, 5.41) is 6.82. The zero-order valence-electron chi connectivity index (χ0n) is 8.53. The summed E-state index contributed by atoms with van der Waals surface area (Å²) in [5.74, 6) is -0.0733. The Bertz CT molecular complexity index is 306.